The van der Waals surface area contributed by atoms with Gasteiger partial charge in [-0.1, -0.05) is 47.9 Å². The van der Waals surface area contributed by atoms with E-state index in [-0.39, 0.29) is 0 Å². The molecule has 0 aliphatic heterocycles. The molecule has 0 aromatic carbocycles. The van der Waals surface area contributed by atoms with Gasteiger partial charge < -0.3 is 0 Å². The lowest BCUT2D eigenvalue weighted by Gasteiger charge is -2.16. The van der Waals surface area contributed by atoms with E-state index in [0.29, 0.717) is 0 Å². The molecule has 0 radical (unpaired) electrons. The van der Waals surface area contributed by atoms with Crippen LogP contribution in [0.25, 0.3) is 0 Å². The predicted octanol–water partition coefficient (Wildman–Crippen LogP) is 3.52. The Morgan fingerprint density at radius 2 is 1.78 bits per heavy atom. The standard InChI is InChI=1S/C8H13I/c9-7-6-8-4-2-1-3-5-8/h6-8H,1-5H2/b7-6+. The summed E-state index contributed by atoms with van der Waals surface area (Å²) in [6.45, 7) is 0. The maximum absolute atomic E-state index is 2.35. The van der Waals surface area contributed by atoms with Gasteiger partial charge in [-0.15, -0.1) is 0 Å². The first-order valence-corrected chi connectivity index (χ1v) is 4.95. The molecule has 0 amide bonds. The van der Waals surface area contributed by atoms with Crippen molar-refractivity contribution in [2.24, 2.45) is 5.92 Å². The molecule has 1 fully saturated rings. The quantitative estimate of drug-likeness (QED) is 0.611. The van der Waals surface area contributed by atoms with Gasteiger partial charge in [0.05, 0.1) is 0 Å². The molecule has 0 nitrogen and oxygen atoms in total. The fourth-order valence-electron chi connectivity index (χ4n) is 1.43. The molecule has 1 aliphatic carbocycles. The van der Waals surface area contributed by atoms with Gasteiger partial charge in [0.15, 0.2) is 0 Å². The van der Waals surface area contributed by atoms with Crippen molar-refractivity contribution in [1.29, 1.82) is 0 Å². The van der Waals surface area contributed by atoms with Crippen LogP contribution in [0.15, 0.2) is 10.2 Å². The maximum atomic E-state index is 2.35. The molecule has 1 saturated carbocycles. The van der Waals surface area contributed by atoms with E-state index < -0.39 is 0 Å². The van der Waals surface area contributed by atoms with Crippen LogP contribution in [0.2, 0.25) is 0 Å². The van der Waals surface area contributed by atoms with Crippen molar-refractivity contribution in [3.63, 3.8) is 0 Å². The van der Waals surface area contributed by atoms with Crippen LogP contribution in [0.5, 0.6) is 0 Å². The third kappa shape index (κ3) is 2.70. The van der Waals surface area contributed by atoms with Gasteiger partial charge in [0.1, 0.15) is 0 Å². The molecule has 0 saturated heterocycles. The smallest absolute Gasteiger partial charge is 0.0226 e. The van der Waals surface area contributed by atoms with Crippen LogP contribution in [0.4, 0.5) is 0 Å². The Bertz CT molecular complexity index is 90.7. The highest BCUT2D eigenvalue weighted by Crippen LogP contribution is 2.24. The summed E-state index contributed by atoms with van der Waals surface area (Å²) in [7, 11) is 0. The molecule has 9 heavy (non-hydrogen) atoms. The fraction of sp³-hybridized carbons (Fsp3) is 0.750. The largest absolute Gasteiger partial charge is 0.0753 e. The summed E-state index contributed by atoms with van der Waals surface area (Å²) < 4.78 is 2.16. The first kappa shape index (κ1) is 7.58. The molecular formula is C8H13I. The number of hydrogen-bond acceptors (Lipinski definition) is 0. The van der Waals surface area contributed by atoms with Crippen molar-refractivity contribution in [2.45, 2.75) is 32.1 Å². The zero-order valence-corrected chi connectivity index (χ0v) is 7.80. The van der Waals surface area contributed by atoms with Crippen LogP contribution in [-0.2, 0) is 0 Å². The van der Waals surface area contributed by atoms with E-state index in [1.807, 2.05) is 0 Å². The van der Waals surface area contributed by atoms with Crippen LogP contribution in [-0.4, -0.2) is 0 Å². The number of allylic oxidation sites excluding steroid dienone is 1. The maximum Gasteiger partial charge on any atom is -0.0226 e. The topological polar surface area (TPSA) is 0 Å². The molecule has 1 heteroatoms. The summed E-state index contributed by atoms with van der Waals surface area (Å²) in [5, 5.41) is 0. The minimum absolute atomic E-state index is 0.913. The SMILES string of the molecule is I/C=C/C1CCCCC1. The van der Waals surface area contributed by atoms with Gasteiger partial charge in [-0.05, 0) is 22.8 Å². The first-order valence-electron chi connectivity index (χ1n) is 3.70. The molecule has 0 heterocycles. The Morgan fingerprint density at radius 3 is 2.33 bits per heavy atom. The Kier molecular flexibility index (Phi) is 3.63. The molecular weight excluding hydrogens is 223 g/mol. The highest BCUT2D eigenvalue weighted by atomic mass is 127. The molecule has 0 spiro atoms. The molecule has 1 rings (SSSR count). The van der Waals surface area contributed by atoms with E-state index in [4.69, 9.17) is 0 Å². The predicted molar refractivity (Wildman–Crippen MR) is 49.7 cm³/mol. The average molecular weight is 236 g/mol. The Morgan fingerprint density at radius 1 is 1.11 bits per heavy atom. The second-order valence-electron chi connectivity index (χ2n) is 2.72. The lowest BCUT2D eigenvalue weighted by molar-refractivity contribution is 0.420. The molecule has 0 bridgehead atoms. The van der Waals surface area contributed by atoms with E-state index in [1.165, 1.54) is 32.1 Å². The van der Waals surface area contributed by atoms with Crippen molar-refractivity contribution in [2.75, 3.05) is 0 Å². The van der Waals surface area contributed by atoms with Gasteiger partial charge in [-0.3, -0.25) is 0 Å². The minimum Gasteiger partial charge on any atom is -0.0753 e. The average Bonchev–Trinajstić information content (AvgIpc) is 1.91. The van der Waals surface area contributed by atoms with Gasteiger partial charge in [-0.2, -0.15) is 0 Å². The molecule has 0 aromatic heterocycles. The third-order valence-corrected chi connectivity index (χ3v) is 2.41. The lowest BCUT2D eigenvalue weighted by Crippen LogP contribution is -2.01. The van der Waals surface area contributed by atoms with Crippen molar-refractivity contribution in [1.82, 2.24) is 0 Å². The first-order chi connectivity index (χ1) is 4.43. The van der Waals surface area contributed by atoms with Crippen LogP contribution >= 0.6 is 22.6 Å². The van der Waals surface area contributed by atoms with Crippen LogP contribution in [0.3, 0.4) is 0 Å². The normalized spacial score (nSPS) is 23.2. The Balaban J connectivity index is 2.23. The highest BCUT2D eigenvalue weighted by Gasteiger charge is 2.08. The molecule has 0 unspecified atom stereocenters. The minimum atomic E-state index is 0.913. The Labute approximate surface area is 70.9 Å². The molecule has 0 atom stereocenters. The van der Waals surface area contributed by atoms with Crippen molar-refractivity contribution in [3.05, 3.63) is 10.2 Å². The second-order valence-corrected chi connectivity index (χ2v) is 3.44. The van der Waals surface area contributed by atoms with Crippen molar-refractivity contribution >= 4 is 22.6 Å². The number of hydrogen-bond donors (Lipinski definition) is 0. The Hall–Kier alpha value is 0.470. The molecule has 0 N–H and O–H groups in total. The van der Waals surface area contributed by atoms with E-state index in [0.717, 1.165) is 5.92 Å². The summed E-state index contributed by atoms with van der Waals surface area (Å²) in [5.41, 5.74) is 0. The number of rotatable bonds is 1. The summed E-state index contributed by atoms with van der Waals surface area (Å²) in [5.74, 6) is 0.913. The summed E-state index contributed by atoms with van der Waals surface area (Å²) in [4.78, 5) is 0. The zero-order chi connectivity index (χ0) is 6.53. The summed E-state index contributed by atoms with van der Waals surface area (Å²) in [6, 6.07) is 0. The van der Waals surface area contributed by atoms with Gasteiger partial charge in [-0.25, -0.2) is 0 Å². The lowest BCUT2D eigenvalue weighted by atomic mass is 9.90. The van der Waals surface area contributed by atoms with Crippen LogP contribution in [0, 0.1) is 5.92 Å². The van der Waals surface area contributed by atoms with E-state index in [1.54, 1.807) is 0 Å². The van der Waals surface area contributed by atoms with Gasteiger partial charge in [0, 0.05) is 0 Å². The van der Waals surface area contributed by atoms with Gasteiger partial charge in [0.2, 0.25) is 0 Å². The molecule has 0 aromatic rings. The van der Waals surface area contributed by atoms with Crippen molar-refractivity contribution in [3.8, 4) is 0 Å². The van der Waals surface area contributed by atoms with E-state index in [2.05, 4.69) is 32.7 Å². The van der Waals surface area contributed by atoms with E-state index >= 15 is 0 Å². The van der Waals surface area contributed by atoms with E-state index in [9.17, 15) is 0 Å². The highest BCUT2D eigenvalue weighted by molar-refractivity contribution is 14.1. The number of halogens is 1. The van der Waals surface area contributed by atoms with Crippen LogP contribution < -0.4 is 0 Å². The zero-order valence-electron chi connectivity index (χ0n) is 5.65. The summed E-state index contributed by atoms with van der Waals surface area (Å²) >= 11 is 2.31. The third-order valence-electron chi connectivity index (χ3n) is 1.99. The second kappa shape index (κ2) is 4.31. The van der Waals surface area contributed by atoms with Gasteiger partial charge >= 0.3 is 0 Å². The molecule has 1 aliphatic rings. The molecule has 52 valence electrons. The van der Waals surface area contributed by atoms with Crippen molar-refractivity contribution < 1.29 is 0 Å². The van der Waals surface area contributed by atoms with Gasteiger partial charge in [0.25, 0.3) is 0 Å². The monoisotopic (exact) mass is 236 g/mol. The fourth-order valence-corrected chi connectivity index (χ4v) is 2.02. The summed E-state index contributed by atoms with van der Waals surface area (Å²) in [6.07, 6.45) is 9.57. The van der Waals surface area contributed by atoms with Crippen LogP contribution in [0.1, 0.15) is 32.1 Å².